The van der Waals surface area contributed by atoms with Crippen molar-refractivity contribution in [2.45, 2.75) is 25.8 Å². The summed E-state index contributed by atoms with van der Waals surface area (Å²) in [6, 6.07) is 8.40. The SMILES string of the molecule is CC(=O)c1ccccc1N(C)C1CCCN(C)C1. The van der Waals surface area contributed by atoms with Crippen LogP contribution in [0.3, 0.4) is 0 Å². The number of hydrogen-bond acceptors (Lipinski definition) is 3. The fourth-order valence-electron chi connectivity index (χ4n) is 2.73. The van der Waals surface area contributed by atoms with Gasteiger partial charge in [-0.3, -0.25) is 4.79 Å². The molecule has 0 spiro atoms. The van der Waals surface area contributed by atoms with Gasteiger partial charge >= 0.3 is 0 Å². The van der Waals surface area contributed by atoms with Crippen molar-refractivity contribution in [1.29, 1.82) is 0 Å². The summed E-state index contributed by atoms with van der Waals surface area (Å²) in [5.74, 6) is 0.140. The summed E-state index contributed by atoms with van der Waals surface area (Å²) in [6.07, 6.45) is 2.43. The lowest BCUT2D eigenvalue weighted by Gasteiger charge is -2.37. The number of hydrogen-bond donors (Lipinski definition) is 0. The van der Waals surface area contributed by atoms with E-state index in [2.05, 4.69) is 23.9 Å². The van der Waals surface area contributed by atoms with Crippen molar-refractivity contribution < 1.29 is 4.79 Å². The van der Waals surface area contributed by atoms with Crippen LogP contribution in [0.1, 0.15) is 30.1 Å². The molecule has 18 heavy (non-hydrogen) atoms. The third-order valence-electron chi connectivity index (χ3n) is 3.81. The van der Waals surface area contributed by atoms with Gasteiger partial charge in [-0.05, 0) is 45.5 Å². The van der Waals surface area contributed by atoms with Crippen LogP contribution in [0.25, 0.3) is 0 Å². The van der Waals surface area contributed by atoms with Crippen LogP contribution in [0, 0.1) is 0 Å². The average molecular weight is 246 g/mol. The van der Waals surface area contributed by atoms with Gasteiger partial charge in [-0.2, -0.15) is 0 Å². The highest BCUT2D eigenvalue weighted by Crippen LogP contribution is 2.25. The Balaban J connectivity index is 2.22. The maximum Gasteiger partial charge on any atom is 0.161 e. The molecule has 0 amide bonds. The van der Waals surface area contributed by atoms with Gasteiger partial charge in [-0.25, -0.2) is 0 Å². The summed E-state index contributed by atoms with van der Waals surface area (Å²) in [5.41, 5.74) is 1.89. The van der Waals surface area contributed by atoms with Crippen molar-refractivity contribution >= 4 is 11.5 Å². The quantitative estimate of drug-likeness (QED) is 0.765. The van der Waals surface area contributed by atoms with Gasteiger partial charge in [-0.1, -0.05) is 12.1 Å². The van der Waals surface area contributed by atoms with E-state index < -0.39 is 0 Å². The highest BCUT2D eigenvalue weighted by Gasteiger charge is 2.23. The lowest BCUT2D eigenvalue weighted by Crippen LogP contribution is -2.45. The zero-order valence-electron chi connectivity index (χ0n) is 11.5. The monoisotopic (exact) mass is 246 g/mol. The number of ketones is 1. The largest absolute Gasteiger partial charge is 0.370 e. The number of benzene rings is 1. The molecular formula is C15H22N2O. The first-order valence-electron chi connectivity index (χ1n) is 6.61. The van der Waals surface area contributed by atoms with E-state index in [1.165, 1.54) is 19.4 Å². The standard InChI is InChI=1S/C15H22N2O/c1-12(18)14-8-4-5-9-15(14)17(3)13-7-6-10-16(2)11-13/h4-5,8-9,13H,6-7,10-11H2,1-3H3. The number of carbonyl (C=O) groups is 1. The van der Waals surface area contributed by atoms with Crippen LogP contribution in [-0.2, 0) is 0 Å². The van der Waals surface area contributed by atoms with Crippen molar-refractivity contribution in [3.05, 3.63) is 29.8 Å². The van der Waals surface area contributed by atoms with E-state index in [-0.39, 0.29) is 5.78 Å². The molecule has 1 fully saturated rings. The predicted molar refractivity (Wildman–Crippen MR) is 75.4 cm³/mol. The molecule has 1 aliphatic rings. The van der Waals surface area contributed by atoms with E-state index in [1.54, 1.807) is 6.92 Å². The van der Waals surface area contributed by atoms with Gasteiger partial charge in [0.2, 0.25) is 0 Å². The Morgan fingerprint density at radius 2 is 2.11 bits per heavy atom. The molecule has 1 saturated heterocycles. The summed E-state index contributed by atoms with van der Waals surface area (Å²) < 4.78 is 0. The molecule has 98 valence electrons. The molecule has 0 aliphatic carbocycles. The van der Waals surface area contributed by atoms with Crippen molar-refractivity contribution in [3.63, 3.8) is 0 Å². The predicted octanol–water partition coefficient (Wildman–Crippen LogP) is 2.42. The first-order chi connectivity index (χ1) is 8.59. The number of Topliss-reactive ketones (excluding diaryl/α,β-unsaturated/α-hetero) is 1. The Hall–Kier alpha value is -1.35. The molecular weight excluding hydrogens is 224 g/mol. The summed E-state index contributed by atoms with van der Waals surface area (Å²) in [6.45, 7) is 3.89. The van der Waals surface area contributed by atoms with E-state index in [0.717, 1.165) is 17.8 Å². The van der Waals surface area contributed by atoms with Crippen LogP contribution in [0.4, 0.5) is 5.69 Å². The molecule has 1 aromatic rings. The van der Waals surface area contributed by atoms with E-state index in [4.69, 9.17) is 0 Å². The molecule has 1 aromatic carbocycles. The smallest absolute Gasteiger partial charge is 0.161 e. The molecule has 1 unspecified atom stereocenters. The molecule has 0 saturated carbocycles. The second kappa shape index (κ2) is 5.53. The third-order valence-corrected chi connectivity index (χ3v) is 3.81. The summed E-state index contributed by atoms with van der Waals surface area (Å²) in [7, 11) is 4.27. The Labute approximate surface area is 109 Å². The number of carbonyl (C=O) groups excluding carboxylic acids is 1. The van der Waals surface area contributed by atoms with Crippen LogP contribution in [0.15, 0.2) is 24.3 Å². The maximum absolute atomic E-state index is 11.7. The van der Waals surface area contributed by atoms with Gasteiger partial charge < -0.3 is 9.80 Å². The third kappa shape index (κ3) is 2.72. The first-order valence-corrected chi connectivity index (χ1v) is 6.61. The van der Waals surface area contributed by atoms with Gasteiger partial charge in [0.15, 0.2) is 5.78 Å². The van der Waals surface area contributed by atoms with Crippen molar-refractivity contribution in [1.82, 2.24) is 4.90 Å². The Morgan fingerprint density at radius 3 is 2.78 bits per heavy atom. The van der Waals surface area contributed by atoms with Crippen LogP contribution >= 0.6 is 0 Å². The Kier molecular flexibility index (Phi) is 4.02. The second-order valence-corrected chi connectivity index (χ2v) is 5.24. The number of nitrogens with zero attached hydrogens (tertiary/aromatic N) is 2. The number of piperidine rings is 1. The van der Waals surface area contributed by atoms with Gasteiger partial charge in [0.1, 0.15) is 0 Å². The van der Waals surface area contributed by atoms with Gasteiger partial charge in [0.25, 0.3) is 0 Å². The molecule has 1 atom stereocenters. The Morgan fingerprint density at radius 1 is 1.39 bits per heavy atom. The fourth-order valence-corrected chi connectivity index (χ4v) is 2.73. The van der Waals surface area contributed by atoms with E-state index in [1.807, 2.05) is 24.3 Å². The zero-order chi connectivity index (χ0) is 13.1. The molecule has 1 aliphatic heterocycles. The number of para-hydroxylation sites is 1. The summed E-state index contributed by atoms with van der Waals surface area (Å²) in [5, 5.41) is 0. The maximum atomic E-state index is 11.7. The summed E-state index contributed by atoms with van der Waals surface area (Å²) >= 11 is 0. The molecule has 1 heterocycles. The van der Waals surface area contributed by atoms with Crippen LogP contribution in [-0.4, -0.2) is 43.9 Å². The highest BCUT2D eigenvalue weighted by molar-refractivity contribution is 5.99. The lowest BCUT2D eigenvalue weighted by atomic mass is 10.0. The molecule has 0 radical (unpaired) electrons. The van der Waals surface area contributed by atoms with E-state index >= 15 is 0 Å². The minimum atomic E-state index is 0.140. The number of rotatable bonds is 3. The molecule has 0 bridgehead atoms. The molecule has 3 nitrogen and oxygen atoms in total. The molecule has 3 heteroatoms. The van der Waals surface area contributed by atoms with Crippen molar-refractivity contribution in [3.8, 4) is 0 Å². The first kappa shape index (κ1) is 13.1. The van der Waals surface area contributed by atoms with Gasteiger partial charge in [-0.15, -0.1) is 0 Å². The molecule has 0 N–H and O–H groups in total. The fraction of sp³-hybridized carbons (Fsp3) is 0.533. The number of anilines is 1. The summed E-state index contributed by atoms with van der Waals surface area (Å²) in [4.78, 5) is 16.3. The van der Waals surface area contributed by atoms with E-state index in [9.17, 15) is 4.79 Å². The van der Waals surface area contributed by atoms with Crippen molar-refractivity contribution in [2.24, 2.45) is 0 Å². The zero-order valence-corrected chi connectivity index (χ0v) is 11.5. The topological polar surface area (TPSA) is 23.6 Å². The van der Waals surface area contributed by atoms with E-state index in [0.29, 0.717) is 6.04 Å². The van der Waals surface area contributed by atoms with Crippen LogP contribution in [0.2, 0.25) is 0 Å². The normalized spacial score (nSPS) is 20.7. The van der Waals surface area contributed by atoms with Crippen LogP contribution in [0.5, 0.6) is 0 Å². The van der Waals surface area contributed by atoms with Gasteiger partial charge in [0, 0.05) is 30.9 Å². The minimum Gasteiger partial charge on any atom is -0.370 e. The number of likely N-dealkylation sites (N-methyl/N-ethyl adjacent to an activating group) is 2. The minimum absolute atomic E-state index is 0.140. The second-order valence-electron chi connectivity index (χ2n) is 5.24. The Bertz CT molecular complexity index is 430. The van der Waals surface area contributed by atoms with Crippen molar-refractivity contribution in [2.75, 3.05) is 32.1 Å². The lowest BCUT2D eigenvalue weighted by molar-refractivity contribution is 0.101. The molecule has 2 rings (SSSR count). The van der Waals surface area contributed by atoms with Gasteiger partial charge in [0.05, 0.1) is 0 Å². The highest BCUT2D eigenvalue weighted by atomic mass is 16.1. The number of likely N-dealkylation sites (tertiary alicyclic amines) is 1. The average Bonchev–Trinajstić information content (AvgIpc) is 2.38. The molecule has 0 aromatic heterocycles. The van der Waals surface area contributed by atoms with Crippen LogP contribution < -0.4 is 4.90 Å².